The zero-order chi connectivity index (χ0) is 19.6. The highest BCUT2D eigenvalue weighted by molar-refractivity contribution is 6.30. The van der Waals surface area contributed by atoms with Crippen molar-refractivity contribution in [3.63, 3.8) is 0 Å². The summed E-state index contributed by atoms with van der Waals surface area (Å²) in [6.45, 7) is 4.61. The van der Waals surface area contributed by atoms with Gasteiger partial charge >= 0.3 is 18.2 Å². The summed E-state index contributed by atoms with van der Waals surface area (Å²) in [4.78, 5) is 22.9. The predicted octanol–water partition coefficient (Wildman–Crippen LogP) is 4.02. The Morgan fingerprint density at radius 1 is 1.28 bits per heavy atom. The van der Waals surface area contributed by atoms with Crippen LogP contribution in [0.3, 0.4) is 0 Å². The molecule has 0 aromatic heterocycles. The third-order valence-electron chi connectivity index (χ3n) is 2.84. The van der Waals surface area contributed by atoms with Crippen LogP contribution in [0.1, 0.15) is 31.9 Å². The van der Waals surface area contributed by atoms with Crippen molar-refractivity contribution in [2.45, 2.75) is 45.0 Å². The number of aliphatic carboxylic acids is 1. The first kappa shape index (κ1) is 21.0. The molecule has 0 spiro atoms. The van der Waals surface area contributed by atoms with Crippen LogP contribution in [0.2, 0.25) is 5.02 Å². The molecule has 25 heavy (non-hydrogen) atoms. The normalized spacial score (nSPS) is 13.3. The van der Waals surface area contributed by atoms with Crippen LogP contribution in [-0.4, -0.2) is 28.8 Å². The lowest BCUT2D eigenvalue weighted by molar-refractivity contribution is -0.139. The van der Waals surface area contributed by atoms with Crippen molar-refractivity contribution < 1.29 is 37.0 Å². The summed E-state index contributed by atoms with van der Waals surface area (Å²) in [5.41, 5.74) is -2.74. The van der Waals surface area contributed by atoms with Gasteiger partial charge in [-0.2, -0.15) is 13.2 Å². The smallest absolute Gasteiger partial charge is 0.416 e. The maximum atomic E-state index is 14.0. The maximum Gasteiger partial charge on any atom is 0.416 e. The van der Waals surface area contributed by atoms with Crippen LogP contribution in [0.25, 0.3) is 0 Å². The Balaban J connectivity index is 3.08. The monoisotopic (exact) mass is 385 g/mol. The first-order valence-corrected chi connectivity index (χ1v) is 7.36. The van der Waals surface area contributed by atoms with Crippen LogP contribution in [0.4, 0.5) is 22.4 Å². The number of hydrogen-bond donors (Lipinski definition) is 2. The summed E-state index contributed by atoms with van der Waals surface area (Å²) in [6, 6.07) is -0.852. The van der Waals surface area contributed by atoms with Crippen LogP contribution in [0, 0.1) is 5.82 Å². The van der Waals surface area contributed by atoms with Crippen molar-refractivity contribution >= 4 is 23.7 Å². The van der Waals surface area contributed by atoms with Gasteiger partial charge in [-0.3, -0.25) is 0 Å². The second-order valence-electron chi connectivity index (χ2n) is 6.17. The zero-order valence-electron chi connectivity index (χ0n) is 13.5. The molecule has 1 amide bonds. The topological polar surface area (TPSA) is 75.6 Å². The van der Waals surface area contributed by atoms with E-state index in [-0.39, 0.29) is 0 Å². The number of alkyl carbamates (subject to hydrolysis) is 1. The molecule has 1 aromatic carbocycles. The van der Waals surface area contributed by atoms with E-state index < -0.39 is 58.3 Å². The van der Waals surface area contributed by atoms with Crippen molar-refractivity contribution in [1.82, 2.24) is 5.32 Å². The number of amides is 1. The molecular formula is C15H16ClF4NO4. The van der Waals surface area contributed by atoms with E-state index in [4.69, 9.17) is 21.4 Å². The summed E-state index contributed by atoms with van der Waals surface area (Å²) in [6.07, 6.45) is -6.63. The van der Waals surface area contributed by atoms with Gasteiger partial charge in [0.2, 0.25) is 0 Å². The van der Waals surface area contributed by atoms with Gasteiger partial charge in [0.25, 0.3) is 0 Å². The van der Waals surface area contributed by atoms with Crippen LogP contribution >= 0.6 is 11.6 Å². The fraction of sp³-hybridized carbons (Fsp3) is 0.467. The number of hydrogen-bond acceptors (Lipinski definition) is 3. The minimum absolute atomic E-state index is 0.400. The van der Waals surface area contributed by atoms with E-state index in [1.807, 2.05) is 5.32 Å². The van der Waals surface area contributed by atoms with Crippen LogP contribution in [0.5, 0.6) is 0 Å². The predicted molar refractivity (Wildman–Crippen MR) is 80.9 cm³/mol. The molecule has 1 atom stereocenters. The van der Waals surface area contributed by atoms with Crippen LogP contribution in [0.15, 0.2) is 12.1 Å². The van der Waals surface area contributed by atoms with E-state index in [2.05, 4.69) is 0 Å². The summed E-state index contributed by atoms with van der Waals surface area (Å²) in [5, 5.41) is 10.3. The third-order valence-corrected chi connectivity index (χ3v) is 3.12. The van der Waals surface area contributed by atoms with Gasteiger partial charge in [0.15, 0.2) is 0 Å². The Labute approximate surface area is 145 Å². The van der Waals surface area contributed by atoms with E-state index in [0.717, 1.165) is 0 Å². The highest BCUT2D eigenvalue weighted by Crippen LogP contribution is 2.33. The highest BCUT2D eigenvalue weighted by Gasteiger charge is 2.33. The summed E-state index contributed by atoms with van der Waals surface area (Å²) in [7, 11) is 0. The van der Waals surface area contributed by atoms with Crippen molar-refractivity contribution in [3.05, 3.63) is 34.1 Å². The molecule has 0 bridgehead atoms. The number of rotatable bonds is 4. The van der Waals surface area contributed by atoms with Gasteiger partial charge in [-0.25, -0.2) is 14.0 Å². The zero-order valence-corrected chi connectivity index (χ0v) is 14.3. The van der Waals surface area contributed by atoms with Crippen molar-refractivity contribution in [3.8, 4) is 0 Å². The van der Waals surface area contributed by atoms with Gasteiger partial charge in [-0.15, -0.1) is 0 Å². The largest absolute Gasteiger partial charge is 0.480 e. The number of carboxylic acids is 1. The number of halogens is 5. The molecule has 0 aliphatic rings. The Morgan fingerprint density at radius 2 is 1.84 bits per heavy atom. The van der Waals surface area contributed by atoms with Crippen molar-refractivity contribution in [2.75, 3.05) is 0 Å². The van der Waals surface area contributed by atoms with Gasteiger partial charge in [0.05, 0.1) is 10.6 Å². The highest BCUT2D eigenvalue weighted by atomic mass is 35.5. The first-order chi connectivity index (χ1) is 11.2. The summed E-state index contributed by atoms with van der Waals surface area (Å²) < 4.78 is 57.2. The third kappa shape index (κ3) is 6.41. The molecule has 0 aliphatic carbocycles. The molecule has 0 saturated heterocycles. The molecule has 10 heteroatoms. The SMILES string of the molecule is CC(C)(C)OC(=O)NC(Cc1cc(C(F)(F)F)cc(Cl)c1F)C(=O)O. The molecule has 0 saturated carbocycles. The van der Waals surface area contributed by atoms with E-state index in [9.17, 15) is 27.2 Å². The lowest BCUT2D eigenvalue weighted by atomic mass is 10.0. The maximum absolute atomic E-state index is 14.0. The standard InChI is InChI=1S/C15H16ClF4NO4/c1-14(2,3)25-13(24)21-10(12(22)23)5-7-4-8(15(18,19)20)6-9(16)11(7)17/h4,6,10H,5H2,1-3H3,(H,21,24)(H,22,23). The Morgan fingerprint density at radius 3 is 2.28 bits per heavy atom. The molecule has 0 fully saturated rings. The molecule has 1 rings (SSSR count). The van der Waals surface area contributed by atoms with Gasteiger partial charge < -0.3 is 15.2 Å². The van der Waals surface area contributed by atoms with Crippen LogP contribution < -0.4 is 5.32 Å². The van der Waals surface area contributed by atoms with Gasteiger partial charge in [-0.05, 0) is 38.5 Å². The molecule has 140 valence electrons. The molecule has 1 unspecified atom stereocenters. The minimum atomic E-state index is -4.79. The van der Waals surface area contributed by atoms with Crippen LogP contribution in [-0.2, 0) is 22.1 Å². The van der Waals surface area contributed by atoms with Gasteiger partial charge in [-0.1, -0.05) is 11.6 Å². The average Bonchev–Trinajstić information content (AvgIpc) is 2.39. The van der Waals surface area contributed by atoms with Crippen molar-refractivity contribution in [2.24, 2.45) is 0 Å². The van der Waals surface area contributed by atoms with E-state index in [1.165, 1.54) is 20.8 Å². The first-order valence-electron chi connectivity index (χ1n) is 6.98. The number of nitrogens with one attached hydrogen (secondary N) is 1. The molecule has 5 nitrogen and oxygen atoms in total. The Kier molecular flexibility index (Phi) is 6.28. The summed E-state index contributed by atoms with van der Waals surface area (Å²) in [5.74, 6) is -2.76. The quantitative estimate of drug-likeness (QED) is 0.768. The van der Waals surface area contributed by atoms with Gasteiger partial charge in [0.1, 0.15) is 17.5 Å². The molecule has 0 radical (unpaired) electrons. The second kappa shape index (κ2) is 7.47. The minimum Gasteiger partial charge on any atom is -0.480 e. The number of carbonyl (C=O) groups is 2. The lowest BCUT2D eigenvalue weighted by Gasteiger charge is -2.22. The number of carbonyl (C=O) groups excluding carboxylic acids is 1. The van der Waals surface area contributed by atoms with E-state index in [0.29, 0.717) is 12.1 Å². The number of carboxylic acid groups (broad SMARTS) is 1. The van der Waals surface area contributed by atoms with E-state index in [1.54, 1.807) is 0 Å². The molecule has 1 aromatic rings. The average molecular weight is 386 g/mol. The second-order valence-corrected chi connectivity index (χ2v) is 6.58. The lowest BCUT2D eigenvalue weighted by Crippen LogP contribution is -2.44. The van der Waals surface area contributed by atoms with E-state index >= 15 is 0 Å². The Bertz CT molecular complexity index is 671. The molecule has 2 N–H and O–H groups in total. The van der Waals surface area contributed by atoms with Crippen molar-refractivity contribution in [1.29, 1.82) is 0 Å². The van der Waals surface area contributed by atoms with Gasteiger partial charge in [0, 0.05) is 6.42 Å². The number of ether oxygens (including phenoxy) is 1. The summed E-state index contributed by atoms with van der Waals surface area (Å²) >= 11 is 5.45. The Hall–Kier alpha value is -2.03. The fourth-order valence-corrected chi connectivity index (χ4v) is 2.07. The molecular weight excluding hydrogens is 370 g/mol. The number of benzene rings is 1. The molecule has 0 aliphatic heterocycles. The fourth-order valence-electron chi connectivity index (χ4n) is 1.83. The number of alkyl halides is 3. The molecule has 0 heterocycles.